The Hall–Kier alpha value is -2.67. The maximum atomic E-state index is 14.7. The van der Waals surface area contributed by atoms with Crippen LogP contribution in [0.2, 0.25) is 5.02 Å². The molecule has 1 fully saturated rings. The molecule has 2 aromatic rings. The Kier molecular flexibility index (Phi) is 6.04. The number of hydrogen-bond donors (Lipinski definition) is 1. The van der Waals surface area contributed by atoms with Gasteiger partial charge in [-0.3, -0.25) is 9.69 Å². The van der Waals surface area contributed by atoms with Gasteiger partial charge in [-0.25, -0.2) is 18.6 Å². The highest BCUT2D eigenvalue weighted by atomic mass is 35.5. The van der Waals surface area contributed by atoms with Crippen LogP contribution in [0, 0.1) is 11.6 Å². The van der Waals surface area contributed by atoms with E-state index in [1.54, 1.807) is 0 Å². The Bertz CT molecular complexity index is 986. The first-order chi connectivity index (χ1) is 14.0. The zero-order chi connectivity index (χ0) is 22.2. The molecule has 2 N–H and O–H groups in total. The van der Waals surface area contributed by atoms with Gasteiger partial charge in [0.25, 0.3) is 11.1 Å². The van der Waals surface area contributed by atoms with E-state index in [-0.39, 0.29) is 17.0 Å². The largest absolute Gasteiger partial charge is 0.460 e. The number of carbonyl (C=O) groups excluding carboxylic acids is 2. The zero-order valence-corrected chi connectivity index (χ0v) is 16.2. The molecular formula is C16H11ClF5N3O4S. The lowest BCUT2D eigenvalue weighted by molar-refractivity contribution is -0.153. The topological polar surface area (TPSA) is 94.8 Å². The van der Waals surface area contributed by atoms with Crippen molar-refractivity contribution in [2.75, 3.05) is 13.2 Å². The number of ether oxygens (including phenoxy) is 2. The van der Waals surface area contributed by atoms with Gasteiger partial charge >= 0.3 is 12.3 Å². The summed E-state index contributed by atoms with van der Waals surface area (Å²) in [6.45, 7) is -2.00. The molecule has 0 radical (unpaired) electrons. The molecule has 3 rings (SSSR count). The van der Waals surface area contributed by atoms with Crippen molar-refractivity contribution in [1.82, 2.24) is 9.88 Å². The lowest BCUT2D eigenvalue weighted by atomic mass is 10.0. The maximum absolute atomic E-state index is 14.7. The molecule has 7 nitrogen and oxygen atoms in total. The quantitative estimate of drug-likeness (QED) is 0.514. The summed E-state index contributed by atoms with van der Waals surface area (Å²) in [5, 5.41) is -1.26. The number of amides is 2. The number of carbonyl (C=O) groups is 2. The van der Waals surface area contributed by atoms with Crippen molar-refractivity contribution in [2.24, 2.45) is 5.73 Å². The highest BCUT2D eigenvalue weighted by Crippen LogP contribution is 2.40. The minimum Gasteiger partial charge on any atom is -0.460 e. The molecular weight excluding hydrogens is 461 g/mol. The molecule has 162 valence electrons. The van der Waals surface area contributed by atoms with E-state index < -0.39 is 58.8 Å². The predicted octanol–water partition coefficient (Wildman–Crippen LogP) is 3.41. The number of hydrogen-bond acceptors (Lipinski definition) is 6. The van der Waals surface area contributed by atoms with Crippen LogP contribution in [0.15, 0.2) is 18.3 Å². The van der Waals surface area contributed by atoms with E-state index in [2.05, 4.69) is 9.72 Å². The minimum atomic E-state index is -4.62. The molecule has 1 aromatic carbocycles. The third kappa shape index (κ3) is 4.56. The molecule has 14 heteroatoms. The molecule has 0 bridgehead atoms. The lowest BCUT2D eigenvalue weighted by Crippen LogP contribution is -2.35. The Morgan fingerprint density at radius 1 is 1.43 bits per heavy atom. The number of nitrogens with two attached hydrogens (primary N) is 1. The second-order valence-electron chi connectivity index (χ2n) is 6.03. The second kappa shape index (κ2) is 8.22. The smallest absolute Gasteiger partial charge is 0.422 e. The fourth-order valence-corrected chi connectivity index (χ4v) is 3.74. The van der Waals surface area contributed by atoms with Crippen LogP contribution in [0.1, 0.15) is 16.5 Å². The summed E-state index contributed by atoms with van der Waals surface area (Å²) in [7, 11) is 0. The molecule has 1 unspecified atom stereocenters. The standard InChI is InChI=1S/C16H11ClF5N3O4S/c17-10-7(18)2-1-6(11(10)19)12(25-4-8(13(23)26)29-15(25)27)9-3-24-14(30-9)28-5-16(20,21)22/h1-3,8,12H,4-5H2,(H2,23,26)/t8?,12-/m0/s1. The van der Waals surface area contributed by atoms with Crippen LogP contribution >= 0.6 is 22.9 Å². The van der Waals surface area contributed by atoms with Gasteiger partial charge in [-0.1, -0.05) is 29.0 Å². The summed E-state index contributed by atoms with van der Waals surface area (Å²) < 4.78 is 74.8. The van der Waals surface area contributed by atoms with Crippen molar-refractivity contribution in [1.29, 1.82) is 0 Å². The van der Waals surface area contributed by atoms with E-state index in [9.17, 15) is 31.5 Å². The summed E-state index contributed by atoms with van der Waals surface area (Å²) >= 11 is 6.21. The van der Waals surface area contributed by atoms with Crippen LogP contribution in [-0.4, -0.2) is 47.3 Å². The second-order valence-corrected chi connectivity index (χ2v) is 7.43. The molecule has 1 aliphatic heterocycles. The van der Waals surface area contributed by atoms with Gasteiger partial charge in [0.1, 0.15) is 16.7 Å². The Morgan fingerprint density at radius 3 is 2.73 bits per heavy atom. The molecule has 2 heterocycles. The molecule has 0 spiro atoms. The van der Waals surface area contributed by atoms with E-state index in [0.717, 1.165) is 23.2 Å². The van der Waals surface area contributed by atoms with E-state index >= 15 is 0 Å². The average molecular weight is 472 g/mol. The number of thiazole rings is 1. The van der Waals surface area contributed by atoms with E-state index in [1.807, 2.05) is 0 Å². The van der Waals surface area contributed by atoms with Crippen molar-refractivity contribution in [3.8, 4) is 5.19 Å². The van der Waals surface area contributed by atoms with Gasteiger partial charge in [0.05, 0.1) is 17.5 Å². The Morgan fingerprint density at radius 2 is 2.13 bits per heavy atom. The predicted molar refractivity (Wildman–Crippen MR) is 93.0 cm³/mol. The van der Waals surface area contributed by atoms with E-state index in [1.165, 1.54) is 0 Å². The molecule has 0 saturated carbocycles. The van der Waals surface area contributed by atoms with Crippen LogP contribution in [0.25, 0.3) is 0 Å². The highest BCUT2D eigenvalue weighted by Gasteiger charge is 2.42. The van der Waals surface area contributed by atoms with E-state index in [0.29, 0.717) is 11.3 Å². The van der Waals surface area contributed by atoms with Crippen LogP contribution in [0.4, 0.5) is 26.7 Å². The third-order valence-corrected chi connectivity index (χ3v) is 5.27. The minimum absolute atomic E-state index is 0.0517. The normalized spacial score (nSPS) is 17.7. The first-order valence-corrected chi connectivity index (χ1v) is 9.22. The third-order valence-electron chi connectivity index (χ3n) is 3.96. The number of halogens is 6. The van der Waals surface area contributed by atoms with Crippen molar-refractivity contribution in [3.05, 3.63) is 45.4 Å². The molecule has 1 aromatic heterocycles. The van der Waals surface area contributed by atoms with Crippen molar-refractivity contribution in [2.45, 2.75) is 18.3 Å². The van der Waals surface area contributed by atoms with Gasteiger partial charge < -0.3 is 15.2 Å². The van der Waals surface area contributed by atoms with Crippen LogP contribution in [0.3, 0.4) is 0 Å². The van der Waals surface area contributed by atoms with Gasteiger partial charge in [0.2, 0.25) is 0 Å². The number of primary amides is 1. The fourth-order valence-electron chi connectivity index (χ4n) is 2.67. The number of alkyl halides is 3. The van der Waals surface area contributed by atoms with Gasteiger partial charge in [0, 0.05) is 11.8 Å². The summed E-state index contributed by atoms with van der Waals surface area (Å²) in [5.41, 5.74) is 4.84. The Labute approximate surface area is 174 Å². The number of cyclic esters (lactones) is 1. The van der Waals surface area contributed by atoms with Gasteiger partial charge in [-0.15, -0.1) is 0 Å². The molecule has 2 atom stereocenters. The molecule has 30 heavy (non-hydrogen) atoms. The number of aromatic nitrogens is 1. The average Bonchev–Trinajstić information content (AvgIpc) is 3.27. The molecule has 0 aliphatic carbocycles. The lowest BCUT2D eigenvalue weighted by Gasteiger charge is -2.25. The highest BCUT2D eigenvalue weighted by molar-refractivity contribution is 7.13. The fraction of sp³-hybridized carbons (Fsp3) is 0.312. The number of nitrogens with zero attached hydrogens (tertiary/aromatic N) is 2. The number of benzene rings is 1. The molecule has 1 aliphatic rings. The van der Waals surface area contributed by atoms with Crippen LogP contribution < -0.4 is 10.5 Å². The van der Waals surface area contributed by atoms with Crippen molar-refractivity contribution >= 4 is 34.9 Å². The SMILES string of the molecule is NC(=O)C1CN([C@H](c2cnc(OCC(F)(F)F)s2)c2ccc(F)c(Cl)c2F)C(=O)O1. The van der Waals surface area contributed by atoms with E-state index in [4.69, 9.17) is 22.1 Å². The molecule has 2 amide bonds. The summed E-state index contributed by atoms with van der Waals surface area (Å²) in [4.78, 5) is 28.3. The summed E-state index contributed by atoms with van der Waals surface area (Å²) in [6, 6.07) is 0.505. The number of rotatable bonds is 6. The Balaban J connectivity index is 2.01. The first kappa shape index (κ1) is 22.0. The van der Waals surface area contributed by atoms with Gasteiger partial charge in [-0.05, 0) is 6.07 Å². The van der Waals surface area contributed by atoms with Crippen molar-refractivity contribution in [3.63, 3.8) is 0 Å². The zero-order valence-electron chi connectivity index (χ0n) is 14.6. The van der Waals surface area contributed by atoms with Crippen LogP contribution in [-0.2, 0) is 9.53 Å². The van der Waals surface area contributed by atoms with Crippen LogP contribution in [0.5, 0.6) is 5.19 Å². The monoisotopic (exact) mass is 471 g/mol. The summed E-state index contributed by atoms with van der Waals surface area (Å²) in [6.07, 6.45) is -5.94. The summed E-state index contributed by atoms with van der Waals surface area (Å²) in [5.74, 6) is -3.22. The molecule has 1 saturated heterocycles. The maximum Gasteiger partial charge on any atom is 0.422 e. The first-order valence-electron chi connectivity index (χ1n) is 8.03. The van der Waals surface area contributed by atoms with Crippen molar-refractivity contribution < 1.29 is 41.0 Å². The van der Waals surface area contributed by atoms with Gasteiger partial charge in [-0.2, -0.15) is 13.2 Å². The van der Waals surface area contributed by atoms with Gasteiger partial charge in [0.15, 0.2) is 12.7 Å².